The molecule has 0 aliphatic heterocycles. The number of aromatic amines is 1. The van der Waals surface area contributed by atoms with Crippen LogP contribution in [0.4, 0.5) is 0 Å². The molecule has 0 atom stereocenters. The lowest BCUT2D eigenvalue weighted by Crippen LogP contribution is -2.21. The van der Waals surface area contributed by atoms with Crippen molar-refractivity contribution >= 4 is 12.2 Å². The average molecular weight is 200 g/mol. The standard InChI is InChI=1S/C11H8N2O2/c12-6-2-4-8-3-1-5-9-10(7-8)15-11(14)13-9/h2-5,7H,1H2,(H,13,14)/b4-2-. The Kier molecular flexibility index (Phi) is 2.38. The van der Waals surface area contributed by atoms with Crippen molar-refractivity contribution in [3.8, 4) is 6.07 Å². The summed E-state index contributed by atoms with van der Waals surface area (Å²) in [5, 5.41) is 9.09. The third-order valence-corrected chi connectivity index (χ3v) is 2.03. The van der Waals surface area contributed by atoms with Gasteiger partial charge in [-0.15, -0.1) is 0 Å². The van der Waals surface area contributed by atoms with Crippen molar-refractivity contribution in [2.24, 2.45) is 0 Å². The topological polar surface area (TPSA) is 69.8 Å². The fourth-order valence-electron chi connectivity index (χ4n) is 1.38. The monoisotopic (exact) mass is 200 g/mol. The smallest absolute Gasteiger partial charge is 0.408 e. The Morgan fingerprint density at radius 2 is 2.40 bits per heavy atom. The van der Waals surface area contributed by atoms with Gasteiger partial charge >= 0.3 is 5.76 Å². The maximum atomic E-state index is 10.9. The Morgan fingerprint density at radius 1 is 1.53 bits per heavy atom. The van der Waals surface area contributed by atoms with Crippen LogP contribution in [-0.4, -0.2) is 4.98 Å². The maximum absolute atomic E-state index is 10.9. The van der Waals surface area contributed by atoms with Crippen molar-refractivity contribution in [1.82, 2.24) is 4.98 Å². The van der Waals surface area contributed by atoms with Gasteiger partial charge in [-0.3, -0.25) is 4.98 Å². The number of oxazole rings is 1. The highest BCUT2D eigenvalue weighted by atomic mass is 16.4. The third kappa shape index (κ3) is 1.97. The Labute approximate surface area is 85.2 Å². The van der Waals surface area contributed by atoms with Crippen LogP contribution in [0.3, 0.4) is 0 Å². The largest absolute Gasteiger partial charge is 0.417 e. The molecule has 2 rings (SSSR count). The summed E-state index contributed by atoms with van der Waals surface area (Å²) in [5.41, 5.74) is 1.36. The second kappa shape index (κ2) is 3.84. The summed E-state index contributed by atoms with van der Waals surface area (Å²) < 4.78 is 4.94. The van der Waals surface area contributed by atoms with E-state index < -0.39 is 5.76 Å². The second-order valence-electron chi connectivity index (χ2n) is 3.04. The summed E-state index contributed by atoms with van der Waals surface area (Å²) in [7, 11) is 0. The minimum atomic E-state index is -0.460. The van der Waals surface area contributed by atoms with Gasteiger partial charge in [0.25, 0.3) is 0 Å². The normalized spacial score (nSPS) is 14.5. The summed E-state index contributed by atoms with van der Waals surface area (Å²) in [5.74, 6) is -0.460. The number of aromatic nitrogens is 1. The first-order chi connectivity index (χ1) is 7.29. The first-order valence-electron chi connectivity index (χ1n) is 4.47. The maximum Gasteiger partial charge on any atom is 0.417 e. The van der Waals surface area contributed by atoms with Crippen LogP contribution in [0.15, 0.2) is 33.0 Å². The van der Waals surface area contributed by atoms with Crippen molar-refractivity contribution in [3.63, 3.8) is 0 Å². The lowest BCUT2D eigenvalue weighted by Gasteiger charge is -1.87. The van der Waals surface area contributed by atoms with Crippen molar-refractivity contribution in [1.29, 1.82) is 5.26 Å². The van der Waals surface area contributed by atoms with Gasteiger partial charge in [0, 0.05) is 6.08 Å². The van der Waals surface area contributed by atoms with Crippen LogP contribution < -0.4 is 16.5 Å². The molecule has 4 nitrogen and oxygen atoms in total. The van der Waals surface area contributed by atoms with E-state index in [4.69, 9.17) is 9.68 Å². The van der Waals surface area contributed by atoms with Crippen LogP contribution in [0, 0.1) is 11.3 Å². The molecule has 1 aromatic heterocycles. The molecular weight excluding hydrogens is 192 g/mol. The van der Waals surface area contributed by atoms with Gasteiger partial charge in [-0.25, -0.2) is 4.79 Å². The van der Waals surface area contributed by atoms with Crippen molar-refractivity contribution in [3.05, 3.63) is 45.1 Å². The molecule has 0 fully saturated rings. The number of rotatable bonds is 1. The summed E-state index contributed by atoms with van der Waals surface area (Å²) in [6.07, 6.45) is 9.30. The van der Waals surface area contributed by atoms with E-state index in [0.29, 0.717) is 17.2 Å². The molecule has 1 heterocycles. The number of allylic oxidation sites excluding steroid dienone is 4. The third-order valence-electron chi connectivity index (χ3n) is 2.03. The quantitative estimate of drug-likeness (QED) is 0.645. The highest BCUT2D eigenvalue weighted by Crippen LogP contribution is 2.02. The van der Waals surface area contributed by atoms with Crippen molar-refractivity contribution in [2.45, 2.75) is 6.42 Å². The van der Waals surface area contributed by atoms with E-state index in [9.17, 15) is 4.79 Å². The van der Waals surface area contributed by atoms with Crippen molar-refractivity contribution in [2.75, 3.05) is 0 Å². The Hall–Kier alpha value is -2.28. The fourth-order valence-corrected chi connectivity index (χ4v) is 1.38. The number of nitrogens with one attached hydrogen (secondary N) is 1. The molecule has 0 saturated heterocycles. The van der Waals surface area contributed by atoms with Gasteiger partial charge in [0.1, 0.15) is 0 Å². The molecule has 74 valence electrons. The zero-order valence-electron chi connectivity index (χ0n) is 7.86. The van der Waals surface area contributed by atoms with Crippen LogP contribution in [0.5, 0.6) is 0 Å². The van der Waals surface area contributed by atoms with Gasteiger partial charge in [0.05, 0.1) is 11.4 Å². The van der Waals surface area contributed by atoms with Crippen LogP contribution in [0.1, 0.15) is 6.42 Å². The molecule has 1 N–H and O–H groups in total. The molecule has 0 radical (unpaired) electrons. The average Bonchev–Trinajstić information content (AvgIpc) is 2.44. The summed E-state index contributed by atoms with van der Waals surface area (Å²) >= 11 is 0. The molecule has 4 heteroatoms. The van der Waals surface area contributed by atoms with Gasteiger partial charge in [-0.05, 0) is 24.1 Å². The molecule has 0 spiro atoms. The number of hydrogen-bond donors (Lipinski definition) is 1. The zero-order valence-corrected chi connectivity index (χ0v) is 7.86. The summed E-state index contributed by atoms with van der Waals surface area (Å²) in [6.45, 7) is 0. The van der Waals surface area contributed by atoms with Gasteiger partial charge < -0.3 is 4.42 Å². The number of nitrogens with zero attached hydrogens (tertiary/aromatic N) is 1. The fraction of sp³-hybridized carbons (Fsp3) is 0.0909. The highest BCUT2D eigenvalue weighted by Gasteiger charge is 1.98. The first kappa shape index (κ1) is 9.28. The number of H-pyrrole nitrogens is 1. The molecule has 1 aromatic rings. The summed E-state index contributed by atoms with van der Waals surface area (Å²) in [4.78, 5) is 13.5. The van der Waals surface area contributed by atoms with Crippen LogP contribution in [-0.2, 0) is 0 Å². The molecule has 15 heavy (non-hydrogen) atoms. The van der Waals surface area contributed by atoms with Gasteiger partial charge in [0.2, 0.25) is 0 Å². The predicted octanol–water partition coefficient (Wildman–Crippen LogP) is -0.0612. The van der Waals surface area contributed by atoms with Crippen LogP contribution >= 0.6 is 0 Å². The number of hydrogen-bond acceptors (Lipinski definition) is 3. The minimum Gasteiger partial charge on any atom is -0.408 e. The van der Waals surface area contributed by atoms with Crippen LogP contribution in [0.25, 0.3) is 12.2 Å². The summed E-state index contributed by atoms with van der Waals surface area (Å²) in [6, 6.07) is 1.91. The van der Waals surface area contributed by atoms with Crippen LogP contribution in [0.2, 0.25) is 0 Å². The Bertz CT molecular complexity index is 635. The lowest BCUT2D eigenvalue weighted by molar-refractivity contribution is 0.486. The molecule has 0 bridgehead atoms. The molecule has 0 unspecified atom stereocenters. The van der Waals surface area contributed by atoms with Gasteiger partial charge in [0.15, 0.2) is 5.42 Å². The Balaban J connectivity index is 2.55. The lowest BCUT2D eigenvalue weighted by atomic mass is 10.2. The SMILES string of the molecule is N#C/C=C\C1=CCC=c2[nH]c(=O)oc2=C1. The van der Waals surface area contributed by atoms with Gasteiger partial charge in [-0.2, -0.15) is 5.26 Å². The van der Waals surface area contributed by atoms with E-state index in [2.05, 4.69) is 4.98 Å². The molecule has 0 aromatic carbocycles. The number of fused-ring (bicyclic) bond motifs is 1. The second-order valence-corrected chi connectivity index (χ2v) is 3.04. The Morgan fingerprint density at radius 3 is 3.20 bits per heavy atom. The van der Waals surface area contributed by atoms with E-state index in [1.807, 2.05) is 18.2 Å². The highest BCUT2D eigenvalue weighted by molar-refractivity contribution is 5.54. The molecule has 0 amide bonds. The van der Waals surface area contributed by atoms with E-state index in [1.165, 1.54) is 6.08 Å². The first-order valence-corrected chi connectivity index (χ1v) is 4.47. The number of nitriles is 1. The van der Waals surface area contributed by atoms with E-state index in [1.54, 1.807) is 12.2 Å². The van der Waals surface area contributed by atoms with E-state index in [-0.39, 0.29) is 0 Å². The van der Waals surface area contributed by atoms with Gasteiger partial charge in [-0.1, -0.05) is 12.2 Å². The molecular formula is C11H8N2O2. The molecule has 0 saturated carbocycles. The minimum absolute atomic E-state index is 0.460. The molecule has 1 aliphatic rings. The van der Waals surface area contributed by atoms with Crippen molar-refractivity contribution < 1.29 is 4.42 Å². The molecule has 1 aliphatic carbocycles. The van der Waals surface area contributed by atoms with E-state index >= 15 is 0 Å². The zero-order chi connectivity index (χ0) is 10.7. The van der Waals surface area contributed by atoms with E-state index in [0.717, 1.165) is 5.57 Å². The predicted molar refractivity (Wildman–Crippen MR) is 55.0 cm³/mol.